The van der Waals surface area contributed by atoms with Crippen molar-refractivity contribution < 1.29 is 68.1 Å². The van der Waals surface area contributed by atoms with Gasteiger partial charge in [-0.3, -0.25) is 52.7 Å². The molecule has 2 rings (SSSR count). The molecule has 2 aromatic rings. The smallest absolute Gasteiger partial charge is 0.322 e. The molecule has 9 atom stereocenters. The molecule has 0 aliphatic carbocycles. The van der Waals surface area contributed by atoms with Crippen LogP contribution >= 0.6 is 0 Å². The third kappa shape index (κ3) is 21.3. The van der Waals surface area contributed by atoms with E-state index in [-0.39, 0.29) is 42.3 Å². The Morgan fingerprint density at radius 1 is 0.438 bits per heavy atom. The number of aliphatic hydroxyl groups excluding tert-OH is 2. The zero-order valence-corrected chi connectivity index (χ0v) is 42.2. The molecular formula is C48H71N11O14. The number of carbonyl (C=O) groups excluding carboxylic acids is 10. The number of nitrogens with one attached hydrogen (secondary N) is 10. The summed E-state index contributed by atoms with van der Waals surface area (Å²) in [5.74, 6) is -10.0. The number of benzene rings is 2. The topological polar surface area (TPSA) is 395 Å². The number of carbonyl (C=O) groups is 11. The molecule has 0 aliphatic heterocycles. The standard InChI is InChI=1S/C48H71N11O14/c1-24(2)18-33(55-39(64)26(5)51-46(71)34(19-25(3)4)57-43(68)31-16-12-13-17-32(31)49)45(70)52-28(7)41(66)58-37(23-61)48(73)54-29(8)42(67)59-36(22-60)47(72)53-27(6)40(65)56-35(44(69)50-21-38(62)63)20-30-14-10-9-11-15-30/h9-17,24-29,33-37,60-61H,18-23,49H2,1-8H3,(H,50,69)(H,51,71)(H,52,70)(H,53,72)(H,54,73)(H,55,64)(H,56,65)(H,57,68)(H,58,66)(H,59,67)(H,62,63)/t26-,27-,28-,29-,33-,34-,35-,36-,37-/m0/s1. The molecule has 2 aromatic carbocycles. The van der Waals surface area contributed by atoms with Crippen molar-refractivity contribution >= 4 is 70.7 Å². The van der Waals surface area contributed by atoms with Crippen LogP contribution in [0.1, 0.15) is 84.2 Å². The summed E-state index contributed by atoms with van der Waals surface area (Å²) in [6, 6.07) is 2.66. The van der Waals surface area contributed by atoms with Crippen LogP contribution in [0.15, 0.2) is 54.6 Å². The first-order valence-corrected chi connectivity index (χ1v) is 23.6. The van der Waals surface area contributed by atoms with Crippen molar-refractivity contribution in [2.45, 2.75) is 129 Å². The molecule has 15 N–H and O–H groups in total. The van der Waals surface area contributed by atoms with E-state index in [2.05, 4.69) is 53.2 Å². The van der Waals surface area contributed by atoms with Gasteiger partial charge in [0, 0.05) is 12.1 Å². The molecule has 0 aliphatic rings. The lowest BCUT2D eigenvalue weighted by atomic mass is 10.0. The molecule has 402 valence electrons. The first kappa shape index (κ1) is 61.4. The molecule has 10 amide bonds. The number of nitrogen functional groups attached to an aromatic ring is 1. The van der Waals surface area contributed by atoms with Gasteiger partial charge in [-0.25, -0.2) is 0 Å². The van der Waals surface area contributed by atoms with Crippen molar-refractivity contribution in [2.24, 2.45) is 11.8 Å². The van der Waals surface area contributed by atoms with Crippen LogP contribution in [0.4, 0.5) is 5.69 Å². The van der Waals surface area contributed by atoms with Crippen LogP contribution in [-0.2, 0) is 54.4 Å². The molecule has 0 saturated heterocycles. The van der Waals surface area contributed by atoms with Crippen LogP contribution in [0, 0.1) is 11.8 Å². The van der Waals surface area contributed by atoms with Crippen molar-refractivity contribution in [3.05, 3.63) is 65.7 Å². The molecule has 73 heavy (non-hydrogen) atoms. The second-order valence-electron chi connectivity index (χ2n) is 18.2. The maximum Gasteiger partial charge on any atom is 0.322 e. The second kappa shape index (κ2) is 30.3. The summed E-state index contributed by atoms with van der Waals surface area (Å²) in [7, 11) is 0. The molecule has 0 fully saturated rings. The second-order valence-corrected chi connectivity index (χ2v) is 18.2. The van der Waals surface area contributed by atoms with Crippen LogP contribution in [0.3, 0.4) is 0 Å². The lowest BCUT2D eigenvalue weighted by molar-refractivity contribution is -0.138. The number of hydrogen-bond donors (Lipinski definition) is 14. The number of para-hydroxylation sites is 1. The van der Waals surface area contributed by atoms with Crippen LogP contribution in [0.5, 0.6) is 0 Å². The van der Waals surface area contributed by atoms with Crippen molar-refractivity contribution in [1.82, 2.24) is 53.2 Å². The van der Waals surface area contributed by atoms with Gasteiger partial charge in [-0.1, -0.05) is 70.2 Å². The van der Waals surface area contributed by atoms with Crippen LogP contribution in [0.25, 0.3) is 0 Å². The summed E-state index contributed by atoms with van der Waals surface area (Å²) >= 11 is 0. The zero-order valence-electron chi connectivity index (χ0n) is 42.2. The number of hydrogen-bond acceptors (Lipinski definition) is 14. The first-order valence-electron chi connectivity index (χ1n) is 23.6. The lowest BCUT2D eigenvalue weighted by Crippen LogP contribution is -2.60. The Morgan fingerprint density at radius 2 is 0.795 bits per heavy atom. The third-order valence-corrected chi connectivity index (χ3v) is 10.8. The Hall–Kier alpha value is -7.67. The summed E-state index contributed by atoms with van der Waals surface area (Å²) in [4.78, 5) is 143. The van der Waals surface area contributed by atoms with Crippen molar-refractivity contribution in [3.63, 3.8) is 0 Å². The summed E-state index contributed by atoms with van der Waals surface area (Å²) in [5.41, 5.74) is 6.95. The highest BCUT2D eigenvalue weighted by Crippen LogP contribution is 2.13. The summed E-state index contributed by atoms with van der Waals surface area (Å²) < 4.78 is 0. The first-order chi connectivity index (χ1) is 34.3. The number of carboxylic acids is 1. The Morgan fingerprint density at radius 3 is 1.18 bits per heavy atom. The average Bonchev–Trinajstić information content (AvgIpc) is 3.32. The molecule has 0 saturated carbocycles. The molecule has 25 heteroatoms. The molecule has 0 unspecified atom stereocenters. The molecule has 0 heterocycles. The minimum absolute atomic E-state index is 0.0308. The van der Waals surface area contributed by atoms with E-state index in [1.54, 1.807) is 62.4 Å². The Kier molecular flexibility index (Phi) is 25.5. The van der Waals surface area contributed by atoms with Crippen molar-refractivity contribution in [2.75, 3.05) is 25.5 Å². The number of aliphatic carboxylic acids is 1. The maximum absolute atomic E-state index is 13.5. The van der Waals surface area contributed by atoms with Gasteiger partial charge in [0.2, 0.25) is 53.2 Å². The number of amides is 10. The number of carboxylic acid groups (broad SMARTS) is 1. The lowest BCUT2D eigenvalue weighted by Gasteiger charge is -2.26. The summed E-state index contributed by atoms with van der Waals surface area (Å²) in [6.45, 7) is 9.69. The van der Waals surface area contributed by atoms with E-state index in [4.69, 9.17) is 10.8 Å². The average molecular weight is 1030 g/mol. The van der Waals surface area contributed by atoms with Crippen LogP contribution in [0.2, 0.25) is 0 Å². The molecule has 25 nitrogen and oxygen atoms in total. The zero-order chi connectivity index (χ0) is 55.1. The molecule has 0 bridgehead atoms. The van der Waals surface area contributed by atoms with Gasteiger partial charge in [0.15, 0.2) is 0 Å². The highest BCUT2D eigenvalue weighted by molar-refractivity contribution is 6.02. The fraction of sp³-hybridized carbons (Fsp3) is 0.521. The summed E-state index contributed by atoms with van der Waals surface area (Å²) in [5, 5.41) is 52.9. The van der Waals surface area contributed by atoms with Gasteiger partial charge in [0.1, 0.15) is 60.9 Å². The maximum atomic E-state index is 13.5. The van der Waals surface area contributed by atoms with Crippen LogP contribution in [-0.4, -0.2) is 154 Å². The molecule has 0 spiro atoms. The van der Waals surface area contributed by atoms with E-state index in [0.29, 0.717) is 5.56 Å². The summed E-state index contributed by atoms with van der Waals surface area (Å²) in [6.07, 6.45) is 0.292. The van der Waals surface area contributed by atoms with E-state index in [1.165, 1.54) is 33.8 Å². The number of anilines is 1. The van der Waals surface area contributed by atoms with E-state index in [9.17, 15) is 63.0 Å². The quantitative estimate of drug-likeness (QED) is 0.0358. The predicted octanol–water partition coefficient (Wildman–Crippen LogP) is -3.15. The Labute approximate surface area is 423 Å². The Bertz CT molecular complexity index is 2260. The minimum Gasteiger partial charge on any atom is -0.480 e. The van der Waals surface area contributed by atoms with E-state index in [1.807, 2.05) is 13.8 Å². The van der Waals surface area contributed by atoms with Crippen molar-refractivity contribution in [1.29, 1.82) is 0 Å². The van der Waals surface area contributed by atoms with E-state index < -0.39 is 139 Å². The number of aliphatic hydroxyl groups is 2. The Balaban J connectivity index is 2.00. The fourth-order valence-corrected chi connectivity index (χ4v) is 6.78. The highest BCUT2D eigenvalue weighted by Gasteiger charge is 2.33. The largest absolute Gasteiger partial charge is 0.480 e. The normalized spacial score (nSPS) is 14.7. The van der Waals surface area contributed by atoms with Gasteiger partial charge in [0.25, 0.3) is 5.91 Å². The van der Waals surface area contributed by atoms with Gasteiger partial charge in [-0.2, -0.15) is 0 Å². The van der Waals surface area contributed by atoms with E-state index >= 15 is 0 Å². The monoisotopic (exact) mass is 1030 g/mol. The van der Waals surface area contributed by atoms with Gasteiger partial charge in [-0.05, 0) is 70.1 Å². The highest BCUT2D eigenvalue weighted by atomic mass is 16.4. The SMILES string of the molecule is CC(C)C[C@H](NC(=O)c1ccccc1N)C(=O)N[C@@H](C)C(=O)N[C@@H](CC(C)C)C(=O)N[C@@H](C)C(=O)N[C@@H](CO)C(=O)N[C@@H](C)C(=O)N[C@@H](CO)C(=O)N[C@@H](C)C(=O)N[C@@H](Cc1ccccc1)C(=O)NCC(=O)O. The van der Waals surface area contributed by atoms with E-state index in [0.717, 1.165) is 0 Å². The minimum atomic E-state index is -1.67. The molecule has 0 aromatic heterocycles. The number of rotatable bonds is 29. The van der Waals surface area contributed by atoms with Crippen molar-refractivity contribution in [3.8, 4) is 0 Å². The fourth-order valence-electron chi connectivity index (χ4n) is 6.78. The molecular weight excluding hydrogens is 955 g/mol. The van der Waals surface area contributed by atoms with Gasteiger partial charge in [0.05, 0.1) is 18.8 Å². The van der Waals surface area contributed by atoms with Gasteiger partial charge in [-0.15, -0.1) is 0 Å². The van der Waals surface area contributed by atoms with Gasteiger partial charge < -0.3 is 74.2 Å². The third-order valence-electron chi connectivity index (χ3n) is 10.8. The molecule has 0 radical (unpaired) electrons. The van der Waals surface area contributed by atoms with Crippen LogP contribution < -0.4 is 58.9 Å². The predicted molar refractivity (Wildman–Crippen MR) is 264 cm³/mol. The van der Waals surface area contributed by atoms with Gasteiger partial charge >= 0.3 is 5.97 Å². The number of nitrogens with two attached hydrogens (primary N) is 1.